The van der Waals surface area contributed by atoms with Gasteiger partial charge in [-0.25, -0.2) is 5.43 Å². The largest absolute Gasteiger partial charge is 0.271 e. The number of hydrazine groups is 1. The van der Waals surface area contributed by atoms with Crippen LogP contribution in [0.25, 0.3) is 0 Å². The van der Waals surface area contributed by atoms with Crippen LogP contribution in [0.2, 0.25) is 0 Å². The predicted molar refractivity (Wildman–Crippen MR) is 84.2 cm³/mol. The fraction of sp³-hybridized carbons (Fsp3) is 0.200. The second kappa shape index (κ2) is 5.82. The van der Waals surface area contributed by atoms with Crippen molar-refractivity contribution in [1.29, 1.82) is 0 Å². The summed E-state index contributed by atoms with van der Waals surface area (Å²) in [5, 5.41) is 0. The van der Waals surface area contributed by atoms with E-state index in [0.717, 1.165) is 0 Å². The molecule has 94 valence electrons. The van der Waals surface area contributed by atoms with Crippen molar-refractivity contribution in [2.75, 3.05) is 0 Å². The van der Waals surface area contributed by atoms with Crippen molar-refractivity contribution in [2.24, 2.45) is 5.84 Å². The SMILES string of the molecule is Cc1ccc(C)c(C(NN)c2ccc(I)cc2)c1. The summed E-state index contributed by atoms with van der Waals surface area (Å²) < 4.78 is 1.23. The summed E-state index contributed by atoms with van der Waals surface area (Å²) in [6, 6.07) is 14.9. The minimum Gasteiger partial charge on any atom is -0.271 e. The molecule has 1 atom stereocenters. The van der Waals surface area contributed by atoms with Crippen molar-refractivity contribution in [3.8, 4) is 0 Å². The average Bonchev–Trinajstić information content (AvgIpc) is 2.37. The molecule has 2 nitrogen and oxygen atoms in total. The molecule has 3 N–H and O–H groups in total. The van der Waals surface area contributed by atoms with Crippen molar-refractivity contribution in [3.05, 3.63) is 68.3 Å². The van der Waals surface area contributed by atoms with Gasteiger partial charge in [0.05, 0.1) is 6.04 Å². The van der Waals surface area contributed by atoms with Gasteiger partial charge in [-0.3, -0.25) is 5.84 Å². The first-order chi connectivity index (χ1) is 8.61. The van der Waals surface area contributed by atoms with Crippen LogP contribution in [-0.4, -0.2) is 0 Å². The molecule has 18 heavy (non-hydrogen) atoms. The van der Waals surface area contributed by atoms with Gasteiger partial charge in [0.2, 0.25) is 0 Å². The van der Waals surface area contributed by atoms with Crippen molar-refractivity contribution in [3.63, 3.8) is 0 Å². The minimum atomic E-state index is 0.0434. The highest BCUT2D eigenvalue weighted by molar-refractivity contribution is 14.1. The van der Waals surface area contributed by atoms with Crippen molar-refractivity contribution < 1.29 is 0 Å². The van der Waals surface area contributed by atoms with E-state index >= 15 is 0 Å². The van der Waals surface area contributed by atoms with Gasteiger partial charge < -0.3 is 0 Å². The molecule has 0 amide bonds. The van der Waals surface area contributed by atoms with Crippen molar-refractivity contribution in [1.82, 2.24) is 5.43 Å². The van der Waals surface area contributed by atoms with Crippen LogP contribution in [0.3, 0.4) is 0 Å². The Morgan fingerprint density at radius 1 is 1.06 bits per heavy atom. The van der Waals surface area contributed by atoms with Gasteiger partial charge in [0.25, 0.3) is 0 Å². The van der Waals surface area contributed by atoms with Crippen molar-refractivity contribution >= 4 is 22.6 Å². The molecule has 0 saturated heterocycles. The molecule has 0 bridgehead atoms. The fourth-order valence-corrected chi connectivity index (χ4v) is 2.45. The van der Waals surface area contributed by atoms with E-state index in [9.17, 15) is 0 Å². The van der Waals surface area contributed by atoms with Gasteiger partial charge in [0.1, 0.15) is 0 Å². The number of halogens is 1. The topological polar surface area (TPSA) is 38.0 Å². The first-order valence-corrected chi connectivity index (χ1v) is 6.98. The van der Waals surface area contributed by atoms with E-state index < -0.39 is 0 Å². The summed E-state index contributed by atoms with van der Waals surface area (Å²) in [6.07, 6.45) is 0. The number of aryl methyl sites for hydroxylation is 2. The van der Waals surface area contributed by atoms with Gasteiger partial charge in [-0.2, -0.15) is 0 Å². The highest BCUT2D eigenvalue weighted by Crippen LogP contribution is 2.25. The Bertz CT molecular complexity index is 535. The lowest BCUT2D eigenvalue weighted by molar-refractivity contribution is 0.633. The van der Waals surface area contributed by atoms with E-state index in [2.05, 4.69) is 84.3 Å². The van der Waals surface area contributed by atoms with Crippen molar-refractivity contribution in [2.45, 2.75) is 19.9 Å². The van der Waals surface area contributed by atoms with E-state index in [0.29, 0.717) is 0 Å². The molecule has 1 unspecified atom stereocenters. The number of hydrogen-bond acceptors (Lipinski definition) is 2. The van der Waals surface area contributed by atoms with Crippen LogP contribution in [-0.2, 0) is 0 Å². The molecule has 0 radical (unpaired) electrons. The fourth-order valence-electron chi connectivity index (χ4n) is 2.09. The Morgan fingerprint density at radius 2 is 1.72 bits per heavy atom. The first-order valence-electron chi connectivity index (χ1n) is 5.90. The predicted octanol–water partition coefficient (Wildman–Crippen LogP) is 3.46. The smallest absolute Gasteiger partial charge is 0.0712 e. The molecule has 2 aromatic carbocycles. The summed E-state index contributed by atoms with van der Waals surface area (Å²) in [5.74, 6) is 5.74. The normalized spacial score (nSPS) is 12.4. The maximum atomic E-state index is 5.74. The molecule has 3 heteroatoms. The van der Waals surface area contributed by atoms with Crippen LogP contribution in [0.4, 0.5) is 0 Å². The molecule has 0 fully saturated rings. The molecular formula is C15H17IN2. The van der Waals surface area contributed by atoms with Gasteiger partial charge >= 0.3 is 0 Å². The summed E-state index contributed by atoms with van der Waals surface area (Å²) in [5.41, 5.74) is 7.84. The lowest BCUT2D eigenvalue weighted by atomic mass is 9.94. The van der Waals surface area contributed by atoms with Gasteiger partial charge in [-0.15, -0.1) is 0 Å². The van der Waals surface area contributed by atoms with Crippen LogP contribution in [0.15, 0.2) is 42.5 Å². The molecule has 0 spiro atoms. The Labute approximate surface area is 122 Å². The lowest BCUT2D eigenvalue weighted by Gasteiger charge is -2.19. The molecule has 0 aliphatic heterocycles. The maximum Gasteiger partial charge on any atom is 0.0712 e. The minimum absolute atomic E-state index is 0.0434. The summed E-state index contributed by atoms with van der Waals surface area (Å²) in [6.45, 7) is 4.22. The standard InChI is InChI=1S/C15H17IN2/c1-10-3-4-11(2)14(9-10)15(18-17)12-5-7-13(16)8-6-12/h3-9,15,18H,17H2,1-2H3. The molecule has 0 aliphatic rings. The van der Waals surface area contributed by atoms with E-state index in [1.807, 2.05) is 0 Å². The van der Waals surface area contributed by atoms with Crippen LogP contribution in [0, 0.1) is 17.4 Å². The summed E-state index contributed by atoms with van der Waals surface area (Å²) in [7, 11) is 0. The van der Waals surface area contributed by atoms with Gasteiger partial charge in [0, 0.05) is 3.57 Å². The Kier molecular flexibility index (Phi) is 4.37. The van der Waals surface area contributed by atoms with Crippen LogP contribution in [0.1, 0.15) is 28.3 Å². The number of nitrogens with one attached hydrogen (secondary N) is 1. The Balaban J connectivity index is 2.44. The molecule has 0 saturated carbocycles. The molecular weight excluding hydrogens is 335 g/mol. The van der Waals surface area contributed by atoms with Gasteiger partial charge in [-0.1, -0.05) is 35.9 Å². The zero-order valence-corrected chi connectivity index (χ0v) is 12.7. The number of hydrogen-bond donors (Lipinski definition) is 2. The highest BCUT2D eigenvalue weighted by atomic mass is 127. The third-order valence-electron chi connectivity index (χ3n) is 3.12. The average molecular weight is 352 g/mol. The molecule has 0 aliphatic carbocycles. The number of rotatable bonds is 3. The molecule has 2 aromatic rings. The lowest BCUT2D eigenvalue weighted by Crippen LogP contribution is -2.29. The van der Waals surface area contributed by atoms with Crippen LogP contribution in [0.5, 0.6) is 0 Å². The summed E-state index contributed by atoms with van der Waals surface area (Å²) >= 11 is 2.31. The van der Waals surface area contributed by atoms with E-state index in [1.54, 1.807) is 0 Å². The van der Waals surface area contributed by atoms with E-state index in [4.69, 9.17) is 5.84 Å². The van der Waals surface area contributed by atoms with Crippen LogP contribution < -0.4 is 11.3 Å². The second-order valence-corrected chi connectivity index (χ2v) is 5.76. The monoisotopic (exact) mass is 352 g/mol. The molecule has 0 aromatic heterocycles. The number of benzene rings is 2. The van der Waals surface area contributed by atoms with Gasteiger partial charge in [-0.05, 0) is 65.3 Å². The zero-order valence-electron chi connectivity index (χ0n) is 10.6. The zero-order chi connectivity index (χ0) is 13.1. The Morgan fingerprint density at radius 3 is 2.33 bits per heavy atom. The first kappa shape index (κ1) is 13.5. The highest BCUT2D eigenvalue weighted by Gasteiger charge is 2.14. The number of nitrogens with two attached hydrogens (primary N) is 1. The van der Waals surface area contributed by atoms with E-state index in [1.165, 1.54) is 25.8 Å². The molecule has 0 heterocycles. The quantitative estimate of drug-likeness (QED) is 0.504. The van der Waals surface area contributed by atoms with E-state index in [-0.39, 0.29) is 6.04 Å². The third kappa shape index (κ3) is 2.91. The van der Waals surface area contributed by atoms with Crippen LogP contribution >= 0.6 is 22.6 Å². The maximum absolute atomic E-state index is 5.74. The third-order valence-corrected chi connectivity index (χ3v) is 3.83. The van der Waals surface area contributed by atoms with Gasteiger partial charge in [0.15, 0.2) is 0 Å². The Hall–Kier alpha value is -0.910. The summed E-state index contributed by atoms with van der Waals surface area (Å²) in [4.78, 5) is 0. The second-order valence-electron chi connectivity index (χ2n) is 4.51. The molecule has 2 rings (SSSR count).